The van der Waals surface area contributed by atoms with Gasteiger partial charge in [0.25, 0.3) is 0 Å². The number of nitrogens with zero attached hydrogens (tertiary/aromatic N) is 1. The second kappa shape index (κ2) is 9.07. The Kier molecular flexibility index (Phi) is 6.52. The molecule has 154 valence electrons. The molecule has 0 saturated carbocycles. The van der Waals surface area contributed by atoms with Crippen molar-refractivity contribution in [3.8, 4) is 11.6 Å². The van der Waals surface area contributed by atoms with Crippen LogP contribution < -0.4 is 9.47 Å². The standard InChI is InChI=1S/C23H24F3NO2/c1-28-19-10-8-17(9-11-19)14-15-27-21(12-13-22(27)29-2)20(23(24,25)26)16-18-6-4-3-5-7-18/h3-13,20H,14-16H2,1-2H3. The molecular formula is C23H24F3NO2. The van der Waals surface area contributed by atoms with E-state index in [9.17, 15) is 13.2 Å². The van der Waals surface area contributed by atoms with E-state index < -0.39 is 12.1 Å². The summed E-state index contributed by atoms with van der Waals surface area (Å²) in [4.78, 5) is 0. The van der Waals surface area contributed by atoms with Crippen LogP contribution in [-0.4, -0.2) is 25.0 Å². The first-order chi connectivity index (χ1) is 13.9. The highest BCUT2D eigenvalue weighted by molar-refractivity contribution is 5.30. The van der Waals surface area contributed by atoms with Crippen LogP contribution in [0, 0.1) is 0 Å². The first-order valence-corrected chi connectivity index (χ1v) is 9.39. The zero-order chi connectivity index (χ0) is 20.9. The Morgan fingerprint density at radius 1 is 0.828 bits per heavy atom. The number of ether oxygens (including phenoxy) is 2. The number of aryl methyl sites for hydroxylation is 1. The van der Waals surface area contributed by atoms with Gasteiger partial charge in [0.1, 0.15) is 5.75 Å². The molecule has 0 saturated heterocycles. The Bertz CT molecular complexity index is 902. The van der Waals surface area contributed by atoms with Crippen LogP contribution in [0.5, 0.6) is 11.6 Å². The predicted molar refractivity (Wildman–Crippen MR) is 107 cm³/mol. The van der Waals surface area contributed by atoms with E-state index in [4.69, 9.17) is 9.47 Å². The Hall–Kier alpha value is -2.89. The van der Waals surface area contributed by atoms with E-state index in [0.29, 0.717) is 24.4 Å². The molecular weight excluding hydrogens is 379 g/mol. The molecule has 2 aromatic carbocycles. The van der Waals surface area contributed by atoms with Gasteiger partial charge in [0, 0.05) is 18.3 Å². The molecule has 3 nitrogen and oxygen atoms in total. The summed E-state index contributed by atoms with van der Waals surface area (Å²) in [6.45, 7) is 0.388. The number of alkyl halides is 3. The van der Waals surface area contributed by atoms with Gasteiger partial charge >= 0.3 is 6.18 Å². The van der Waals surface area contributed by atoms with Crippen LogP contribution in [0.2, 0.25) is 0 Å². The summed E-state index contributed by atoms with van der Waals surface area (Å²) < 4.78 is 54.0. The first kappa shape index (κ1) is 20.8. The summed E-state index contributed by atoms with van der Waals surface area (Å²) in [5, 5.41) is 0. The van der Waals surface area contributed by atoms with E-state index in [1.165, 1.54) is 13.2 Å². The minimum absolute atomic E-state index is 0.111. The molecule has 0 aliphatic heterocycles. The van der Waals surface area contributed by atoms with Gasteiger partial charge < -0.3 is 14.0 Å². The molecule has 1 heterocycles. The van der Waals surface area contributed by atoms with Gasteiger partial charge in [0.2, 0.25) is 0 Å². The molecule has 1 aromatic heterocycles. The average Bonchev–Trinajstić information content (AvgIpc) is 3.13. The third-order valence-corrected chi connectivity index (χ3v) is 5.00. The second-order valence-electron chi connectivity index (χ2n) is 6.83. The van der Waals surface area contributed by atoms with Crippen molar-refractivity contribution in [2.24, 2.45) is 0 Å². The highest BCUT2D eigenvalue weighted by Gasteiger charge is 2.42. The van der Waals surface area contributed by atoms with Crippen molar-refractivity contribution < 1.29 is 22.6 Å². The van der Waals surface area contributed by atoms with Gasteiger partial charge in [0.15, 0.2) is 5.88 Å². The predicted octanol–water partition coefficient (Wildman–Crippen LogP) is 5.64. The highest BCUT2D eigenvalue weighted by atomic mass is 19.4. The number of methoxy groups -OCH3 is 2. The van der Waals surface area contributed by atoms with Crippen molar-refractivity contribution in [2.45, 2.75) is 31.5 Å². The number of halogens is 3. The van der Waals surface area contributed by atoms with Gasteiger partial charge in [-0.05, 0) is 42.2 Å². The van der Waals surface area contributed by atoms with Gasteiger partial charge in [0.05, 0.1) is 20.1 Å². The van der Waals surface area contributed by atoms with E-state index >= 15 is 0 Å². The summed E-state index contributed by atoms with van der Waals surface area (Å²) in [5.41, 5.74) is 1.88. The summed E-state index contributed by atoms with van der Waals surface area (Å²) in [5.74, 6) is -0.437. The van der Waals surface area contributed by atoms with Crippen molar-refractivity contribution in [3.63, 3.8) is 0 Å². The molecule has 0 spiro atoms. The lowest BCUT2D eigenvalue weighted by molar-refractivity contribution is -0.151. The summed E-state index contributed by atoms with van der Waals surface area (Å²) in [6, 6.07) is 19.4. The van der Waals surface area contributed by atoms with E-state index in [0.717, 1.165) is 11.3 Å². The fourth-order valence-electron chi connectivity index (χ4n) is 3.46. The summed E-state index contributed by atoms with van der Waals surface area (Å²) >= 11 is 0. The molecule has 1 atom stereocenters. The minimum Gasteiger partial charge on any atom is -0.497 e. The van der Waals surface area contributed by atoms with Gasteiger partial charge in [-0.1, -0.05) is 42.5 Å². The molecule has 3 aromatic rings. The molecule has 0 amide bonds. The van der Waals surface area contributed by atoms with Crippen LogP contribution in [0.1, 0.15) is 22.7 Å². The fourth-order valence-corrected chi connectivity index (χ4v) is 3.46. The molecule has 0 bridgehead atoms. The lowest BCUT2D eigenvalue weighted by Crippen LogP contribution is -2.26. The minimum atomic E-state index is -4.36. The zero-order valence-corrected chi connectivity index (χ0v) is 16.4. The van der Waals surface area contributed by atoms with Crippen molar-refractivity contribution in [1.82, 2.24) is 4.57 Å². The van der Waals surface area contributed by atoms with Crippen molar-refractivity contribution >= 4 is 0 Å². The maximum absolute atomic E-state index is 14.0. The maximum atomic E-state index is 14.0. The van der Waals surface area contributed by atoms with Crippen molar-refractivity contribution in [2.75, 3.05) is 14.2 Å². The summed E-state index contributed by atoms with van der Waals surface area (Å²) in [6.07, 6.45) is -3.89. The molecule has 0 fully saturated rings. The highest BCUT2D eigenvalue weighted by Crippen LogP contribution is 2.39. The van der Waals surface area contributed by atoms with Crippen LogP contribution in [0.4, 0.5) is 13.2 Å². The molecule has 0 aliphatic rings. The Balaban J connectivity index is 1.87. The summed E-state index contributed by atoms with van der Waals surface area (Å²) in [7, 11) is 3.07. The Morgan fingerprint density at radius 2 is 1.52 bits per heavy atom. The average molecular weight is 403 g/mol. The second-order valence-corrected chi connectivity index (χ2v) is 6.83. The van der Waals surface area contributed by atoms with Gasteiger partial charge in [-0.25, -0.2) is 0 Å². The van der Waals surface area contributed by atoms with Crippen LogP contribution in [0.25, 0.3) is 0 Å². The molecule has 0 aliphatic carbocycles. The van der Waals surface area contributed by atoms with Crippen molar-refractivity contribution in [1.29, 1.82) is 0 Å². The van der Waals surface area contributed by atoms with Gasteiger partial charge in [-0.2, -0.15) is 13.2 Å². The maximum Gasteiger partial charge on any atom is 0.397 e. The fraction of sp³-hybridized carbons (Fsp3) is 0.304. The lowest BCUT2D eigenvalue weighted by atomic mass is 9.95. The monoisotopic (exact) mass is 403 g/mol. The van der Waals surface area contributed by atoms with Crippen molar-refractivity contribution in [3.05, 3.63) is 83.6 Å². The SMILES string of the molecule is COc1ccc(CCn2c(OC)ccc2C(Cc2ccccc2)C(F)(F)F)cc1. The smallest absolute Gasteiger partial charge is 0.397 e. The van der Waals surface area contributed by atoms with E-state index in [2.05, 4.69) is 0 Å². The van der Waals surface area contributed by atoms with Gasteiger partial charge in [-0.3, -0.25) is 0 Å². The number of hydrogen-bond donors (Lipinski definition) is 0. The van der Waals surface area contributed by atoms with E-state index in [1.54, 1.807) is 48.1 Å². The molecule has 6 heteroatoms. The van der Waals surface area contributed by atoms with E-state index in [-0.39, 0.29) is 12.1 Å². The molecule has 3 rings (SSSR count). The van der Waals surface area contributed by atoms with E-state index in [1.807, 2.05) is 24.3 Å². The zero-order valence-electron chi connectivity index (χ0n) is 16.4. The first-order valence-electron chi connectivity index (χ1n) is 9.39. The number of hydrogen-bond acceptors (Lipinski definition) is 2. The van der Waals surface area contributed by atoms with Crippen LogP contribution >= 0.6 is 0 Å². The largest absolute Gasteiger partial charge is 0.497 e. The van der Waals surface area contributed by atoms with Crippen LogP contribution in [0.15, 0.2) is 66.7 Å². The molecule has 1 unspecified atom stereocenters. The van der Waals surface area contributed by atoms with Gasteiger partial charge in [-0.15, -0.1) is 0 Å². The normalized spacial score (nSPS) is 12.6. The lowest BCUT2D eigenvalue weighted by Gasteiger charge is -2.23. The number of rotatable bonds is 8. The van der Waals surface area contributed by atoms with Crippen LogP contribution in [-0.2, 0) is 19.4 Å². The quantitative estimate of drug-likeness (QED) is 0.486. The number of aromatic nitrogens is 1. The molecule has 0 radical (unpaired) electrons. The Labute approximate surface area is 168 Å². The van der Waals surface area contributed by atoms with Crippen LogP contribution in [0.3, 0.4) is 0 Å². The number of benzene rings is 2. The third-order valence-electron chi connectivity index (χ3n) is 5.00. The molecule has 0 N–H and O–H groups in total. The molecule has 29 heavy (non-hydrogen) atoms. The third kappa shape index (κ3) is 5.13. The topological polar surface area (TPSA) is 23.4 Å². The Morgan fingerprint density at radius 3 is 2.10 bits per heavy atom.